The van der Waals surface area contributed by atoms with Crippen LogP contribution in [0.3, 0.4) is 0 Å². The van der Waals surface area contributed by atoms with Crippen LogP contribution in [0, 0.1) is 6.92 Å². The Labute approximate surface area is 115 Å². The first-order valence-corrected chi connectivity index (χ1v) is 6.60. The summed E-state index contributed by atoms with van der Waals surface area (Å²) in [5.74, 6) is 0. The predicted octanol–water partition coefficient (Wildman–Crippen LogP) is 4.17. The van der Waals surface area contributed by atoms with Crippen molar-refractivity contribution in [3.8, 4) is 0 Å². The van der Waals surface area contributed by atoms with Gasteiger partial charge in [-0.3, -0.25) is 4.79 Å². The summed E-state index contributed by atoms with van der Waals surface area (Å²) in [4.78, 5) is 12.4. The van der Waals surface area contributed by atoms with E-state index < -0.39 is 0 Å². The number of aryl methyl sites for hydroxylation is 1. The van der Waals surface area contributed by atoms with Crippen LogP contribution in [0.1, 0.15) is 25.8 Å². The van der Waals surface area contributed by atoms with E-state index in [1.807, 2.05) is 20.9 Å². The monoisotopic (exact) mass is 267 g/mol. The van der Waals surface area contributed by atoms with Gasteiger partial charge >= 0.3 is 0 Å². The molecule has 0 fully saturated rings. The minimum Gasteiger partial charge on any atom is -0.374 e. The third-order valence-electron chi connectivity index (χ3n) is 2.39. The van der Waals surface area contributed by atoms with Gasteiger partial charge in [-0.05, 0) is 25.5 Å². The van der Waals surface area contributed by atoms with Crippen LogP contribution in [0.4, 0.5) is 5.69 Å². The van der Waals surface area contributed by atoms with Gasteiger partial charge in [0.2, 0.25) is 0 Å². The molecule has 1 aromatic rings. The number of hydrogen-bond acceptors (Lipinski definition) is 2. The van der Waals surface area contributed by atoms with Gasteiger partial charge in [0.1, 0.15) is 0 Å². The van der Waals surface area contributed by atoms with Gasteiger partial charge in [0.15, 0.2) is 6.29 Å². The zero-order valence-corrected chi connectivity index (χ0v) is 12.4. The average Bonchev–Trinajstić information content (AvgIpc) is 2.41. The standard InChI is InChI=1S/C13H16ClNO.C2H6/c1-11-5-7-13(8-6-11)15(2)9-3-4-12(14)10-16;1-2/h4-8,10H,3,9H2,1-2H3;1-2H3/b12-4+;. The molecule has 0 saturated heterocycles. The minimum atomic E-state index is 0.275. The van der Waals surface area contributed by atoms with Crippen LogP contribution < -0.4 is 4.90 Å². The fraction of sp³-hybridized carbons (Fsp3) is 0.400. The third-order valence-corrected chi connectivity index (χ3v) is 2.63. The molecular formula is C15H22ClNO. The minimum absolute atomic E-state index is 0.275. The van der Waals surface area contributed by atoms with E-state index in [0.29, 0.717) is 6.29 Å². The fourth-order valence-electron chi connectivity index (χ4n) is 1.37. The second-order valence-electron chi connectivity index (χ2n) is 3.75. The first kappa shape index (κ1) is 16.7. The number of benzene rings is 1. The summed E-state index contributed by atoms with van der Waals surface area (Å²) < 4.78 is 0. The molecule has 0 unspecified atom stereocenters. The molecule has 2 nitrogen and oxygen atoms in total. The highest BCUT2D eigenvalue weighted by molar-refractivity contribution is 6.38. The van der Waals surface area contributed by atoms with E-state index in [1.165, 1.54) is 11.3 Å². The van der Waals surface area contributed by atoms with E-state index in [2.05, 4.69) is 36.1 Å². The van der Waals surface area contributed by atoms with Crippen molar-refractivity contribution >= 4 is 23.6 Å². The lowest BCUT2D eigenvalue weighted by atomic mass is 10.2. The first-order chi connectivity index (χ1) is 8.63. The molecule has 0 N–H and O–H groups in total. The molecule has 1 aromatic carbocycles. The van der Waals surface area contributed by atoms with Gasteiger partial charge in [-0.25, -0.2) is 0 Å². The fourth-order valence-corrected chi connectivity index (χ4v) is 1.48. The van der Waals surface area contributed by atoms with Gasteiger partial charge in [0.25, 0.3) is 0 Å². The lowest BCUT2D eigenvalue weighted by Crippen LogP contribution is -2.17. The van der Waals surface area contributed by atoms with E-state index in [9.17, 15) is 4.79 Å². The smallest absolute Gasteiger partial charge is 0.161 e. The molecule has 0 bridgehead atoms. The molecule has 0 amide bonds. The Bertz CT molecular complexity index is 371. The Hall–Kier alpha value is -1.28. The molecule has 0 aromatic heterocycles. The molecule has 0 atom stereocenters. The molecular weight excluding hydrogens is 246 g/mol. The normalized spacial score (nSPS) is 10.4. The van der Waals surface area contributed by atoms with Gasteiger partial charge < -0.3 is 4.90 Å². The van der Waals surface area contributed by atoms with Gasteiger partial charge in [0.05, 0.1) is 5.03 Å². The Kier molecular flexibility index (Phi) is 9.03. The van der Waals surface area contributed by atoms with Crippen molar-refractivity contribution in [3.05, 3.63) is 40.9 Å². The number of anilines is 1. The number of aldehydes is 1. The SMILES string of the molecule is CC.Cc1ccc(N(C)CC/C=C(/Cl)C=O)cc1. The van der Waals surface area contributed by atoms with Crippen LogP contribution in [-0.2, 0) is 4.79 Å². The summed E-state index contributed by atoms with van der Waals surface area (Å²) >= 11 is 5.59. The largest absolute Gasteiger partial charge is 0.374 e. The highest BCUT2D eigenvalue weighted by atomic mass is 35.5. The molecule has 100 valence electrons. The van der Waals surface area contributed by atoms with Crippen LogP contribution in [-0.4, -0.2) is 19.9 Å². The van der Waals surface area contributed by atoms with Crippen molar-refractivity contribution in [2.24, 2.45) is 0 Å². The van der Waals surface area contributed by atoms with Crippen molar-refractivity contribution in [2.45, 2.75) is 27.2 Å². The third kappa shape index (κ3) is 6.45. The number of hydrogen-bond donors (Lipinski definition) is 0. The average molecular weight is 268 g/mol. The molecule has 0 saturated carbocycles. The van der Waals surface area contributed by atoms with Crippen molar-refractivity contribution < 1.29 is 4.79 Å². The lowest BCUT2D eigenvalue weighted by Gasteiger charge is -2.18. The highest BCUT2D eigenvalue weighted by Gasteiger charge is 1.98. The maximum absolute atomic E-state index is 10.3. The van der Waals surface area contributed by atoms with Crippen molar-refractivity contribution in [1.82, 2.24) is 0 Å². The molecule has 0 aliphatic carbocycles. The summed E-state index contributed by atoms with van der Waals surface area (Å²) in [6.07, 6.45) is 3.16. The predicted molar refractivity (Wildman–Crippen MR) is 80.4 cm³/mol. The number of nitrogens with zero attached hydrogens (tertiary/aromatic N) is 1. The zero-order valence-electron chi connectivity index (χ0n) is 11.6. The Morgan fingerprint density at radius 3 is 2.33 bits per heavy atom. The number of carbonyl (C=O) groups excluding carboxylic acids is 1. The molecule has 3 heteroatoms. The van der Waals surface area contributed by atoms with Crippen LogP contribution in [0.2, 0.25) is 0 Å². The molecule has 0 aliphatic rings. The molecule has 0 radical (unpaired) electrons. The zero-order chi connectivity index (χ0) is 14.0. The Morgan fingerprint density at radius 2 is 1.83 bits per heavy atom. The Balaban J connectivity index is 0.00000137. The topological polar surface area (TPSA) is 20.3 Å². The van der Waals surface area contributed by atoms with Gasteiger partial charge in [-0.1, -0.05) is 49.2 Å². The number of carbonyl (C=O) groups is 1. The van der Waals surface area contributed by atoms with Crippen molar-refractivity contribution in [1.29, 1.82) is 0 Å². The van der Waals surface area contributed by atoms with Crippen molar-refractivity contribution in [2.75, 3.05) is 18.5 Å². The second kappa shape index (κ2) is 9.72. The van der Waals surface area contributed by atoms with Crippen LogP contribution >= 0.6 is 11.6 Å². The summed E-state index contributed by atoms with van der Waals surface area (Å²) in [5.41, 5.74) is 2.42. The van der Waals surface area contributed by atoms with Gasteiger partial charge in [0, 0.05) is 19.3 Å². The van der Waals surface area contributed by atoms with E-state index in [0.717, 1.165) is 13.0 Å². The van der Waals surface area contributed by atoms with Crippen LogP contribution in [0.15, 0.2) is 35.4 Å². The molecule has 18 heavy (non-hydrogen) atoms. The summed E-state index contributed by atoms with van der Waals surface area (Å²) in [7, 11) is 2.02. The van der Waals surface area contributed by atoms with Crippen LogP contribution in [0.25, 0.3) is 0 Å². The lowest BCUT2D eigenvalue weighted by molar-refractivity contribution is -0.104. The Morgan fingerprint density at radius 1 is 1.28 bits per heavy atom. The molecule has 0 aliphatic heterocycles. The summed E-state index contributed by atoms with van der Waals surface area (Å²) in [5, 5.41) is 0.275. The summed E-state index contributed by atoms with van der Waals surface area (Å²) in [6.45, 7) is 6.91. The van der Waals surface area contributed by atoms with Gasteiger partial charge in [-0.15, -0.1) is 0 Å². The highest BCUT2D eigenvalue weighted by Crippen LogP contribution is 2.13. The number of allylic oxidation sites excluding steroid dienone is 1. The first-order valence-electron chi connectivity index (χ1n) is 6.22. The maximum Gasteiger partial charge on any atom is 0.161 e. The van der Waals surface area contributed by atoms with E-state index in [4.69, 9.17) is 11.6 Å². The molecule has 0 heterocycles. The van der Waals surface area contributed by atoms with Crippen molar-refractivity contribution in [3.63, 3.8) is 0 Å². The van der Waals surface area contributed by atoms with E-state index >= 15 is 0 Å². The van der Waals surface area contributed by atoms with Gasteiger partial charge in [-0.2, -0.15) is 0 Å². The molecule has 1 rings (SSSR count). The van der Waals surface area contributed by atoms with Crippen LogP contribution in [0.5, 0.6) is 0 Å². The van der Waals surface area contributed by atoms with E-state index in [-0.39, 0.29) is 5.03 Å². The summed E-state index contributed by atoms with van der Waals surface area (Å²) in [6, 6.07) is 8.33. The quantitative estimate of drug-likeness (QED) is 0.590. The second-order valence-corrected chi connectivity index (χ2v) is 4.19. The maximum atomic E-state index is 10.3. The number of rotatable bonds is 5. The number of halogens is 1. The molecule has 0 spiro atoms. The van der Waals surface area contributed by atoms with E-state index in [1.54, 1.807) is 6.08 Å².